The quantitative estimate of drug-likeness (QED) is 0.466. The molecule has 6 rings (SSSR count). The number of hydrogen-bond donors (Lipinski definition) is 2. The monoisotopic (exact) mass is 535 g/mol. The van der Waals surface area contributed by atoms with Crippen molar-refractivity contribution in [3.05, 3.63) is 75.8 Å². The molecule has 0 saturated heterocycles. The molecule has 11 heteroatoms. The van der Waals surface area contributed by atoms with Crippen molar-refractivity contribution in [1.29, 1.82) is 0 Å². The lowest BCUT2D eigenvalue weighted by molar-refractivity contribution is -0.133. The summed E-state index contributed by atoms with van der Waals surface area (Å²) >= 11 is 6.07. The lowest BCUT2D eigenvalue weighted by Crippen LogP contribution is -2.50. The van der Waals surface area contributed by atoms with Crippen molar-refractivity contribution in [3.63, 3.8) is 0 Å². The molecule has 2 N–H and O–H groups in total. The Balaban J connectivity index is 1.30. The van der Waals surface area contributed by atoms with Crippen LogP contribution in [0.1, 0.15) is 78.3 Å². The predicted octanol–water partition coefficient (Wildman–Crippen LogP) is 4.37. The second kappa shape index (κ2) is 9.90. The SMILES string of the molecule is O=C(NCc1nn[nH]n1)c1ccc(C(C2CC2)N2C(=O)C(c3ccc(F)c(Cl)c3)=NC23CCCCC3)cc1. The van der Waals surface area contributed by atoms with Gasteiger partial charge in [-0.15, -0.1) is 10.2 Å². The summed E-state index contributed by atoms with van der Waals surface area (Å²) in [4.78, 5) is 33.8. The zero-order valence-electron chi connectivity index (χ0n) is 20.7. The van der Waals surface area contributed by atoms with Crippen LogP contribution in [0.4, 0.5) is 4.39 Å². The smallest absolute Gasteiger partial charge is 0.275 e. The summed E-state index contributed by atoms with van der Waals surface area (Å²) < 4.78 is 13.9. The number of hydrogen-bond acceptors (Lipinski definition) is 6. The van der Waals surface area contributed by atoms with E-state index in [2.05, 4.69) is 25.9 Å². The van der Waals surface area contributed by atoms with Gasteiger partial charge in [-0.2, -0.15) is 5.21 Å². The molecule has 2 fully saturated rings. The topological polar surface area (TPSA) is 116 Å². The number of aromatic amines is 1. The Morgan fingerprint density at radius 3 is 2.58 bits per heavy atom. The molecule has 2 saturated carbocycles. The number of carbonyl (C=O) groups excluding carboxylic acids is 2. The summed E-state index contributed by atoms with van der Waals surface area (Å²) in [6, 6.07) is 11.6. The fourth-order valence-electron chi connectivity index (χ4n) is 5.69. The summed E-state index contributed by atoms with van der Waals surface area (Å²) in [6.07, 6.45) is 6.71. The van der Waals surface area contributed by atoms with E-state index in [1.165, 1.54) is 12.1 Å². The summed E-state index contributed by atoms with van der Waals surface area (Å²) in [6.45, 7) is 0.167. The summed E-state index contributed by atoms with van der Waals surface area (Å²) in [5.41, 5.74) is 1.74. The van der Waals surface area contributed by atoms with Gasteiger partial charge in [0.1, 0.15) is 17.2 Å². The minimum atomic E-state index is -0.626. The fraction of sp³-hybridized carbons (Fsp3) is 0.407. The first-order chi connectivity index (χ1) is 18.4. The Morgan fingerprint density at radius 2 is 1.92 bits per heavy atom. The van der Waals surface area contributed by atoms with Crippen molar-refractivity contribution in [2.75, 3.05) is 0 Å². The van der Waals surface area contributed by atoms with Crippen LogP contribution in [0.15, 0.2) is 47.5 Å². The van der Waals surface area contributed by atoms with Crippen LogP contribution >= 0.6 is 11.6 Å². The van der Waals surface area contributed by atoms with Gasteiger partial charge in [0, 0.05) is 11.1 Å². The van der Waals surface area contributed by atoms with Gasteiger partial charge >= 0.3 is 0 Å². The van der Waals surface area contributed by atoms with E-state index in [0.717, 1.165) is 50.5 Å². The van der Waals surface area contributed by atoms with Crippen LogP contribution in [0.3, 0.4) is 0 Å². The van der Waals surface area contributed by atoms with Crippen LogP contribution in [-0.4, -0.2) is 48.7 Å². The average Bonchev–Trinajstić information content (AvgIpc) is 3.56. The van der Waals surface area contributed by atoms with Crippen LogP contribution in [-0.2, 0) is 11.3 Å². The summed E-state index contributed by atoms with van der Waals surface area (Å²) in [5.74, 6) is -0.199. The highest BCUT2D eigenvalue weighted by Crippen LogP contribution is 2.52. The zero-order chi connectivity index (χ0) is 26.3. The van der Waals surface area contributed by atoms with E-state index < -0.39 is 11.5 Å². The molecular formula is C27H27ClFN7O2. The molecule has 1 aromatic heterocycles. The highest BCUT2D eigenvalue weighted by Gasteiger charge is 2.53. The van der Waals surface area contributed by atoms with E-state index >= 15 is 0 Å². The second-order valence-electron chi connectivity index (χ2n) is 10.2. The first-order valence-corrected chi connectivity index (χ1v) is 13.3. The number of aliphatic imine (C=N–C) groups is 1. The number of nitrogens with zero attached hydrogens (tertiary/aromatic N) is 5. The van der Waals surface area contributed by atoms with Crippen molar-refractivity contribution >= 4 is 29.1 Å². The molecular weight excluding hydrogens is 509 g/mol. The molecule has 38 heavy (non-hydrogen) atoms. The first kappa shape index (κ1) is 24.7. The van der Waals surface area contributed by atoms with E-state index in [9.17, 15) is 14.0 Å². The van der Waals surface area contributed by atoms with Crippen molar-refractivity contribution in [1.82, 2.24) is 30.8 Å². The molecule has 2 heterocycles. The third-order valence-corrected chi connectivity index (χ3v) is 7.98. The third kappa shape index (κ3) is 4.57. The molecule has 1 spiro atoms. The average molecular weight is 536 g/mol. The van der Waals surface area contributed by atoms with Crippen LogP contribution in [0.25, 0.3) is 0 Å². The number of tetrazole rings is 1. The number of H-pyrrole nitrogens is 1. The first-order valence-electron chi connectivity index (χ1n) is 12.9. The highest BCUT2D eigenvalue weighted by atomic mass is 35.5. The van der Waals surface area contributed by atoms with Crippen molar-refractivity contribution in [2.45, 2.75) is 63.2 Å². The Kier molecular flexibility index (Phi) is 6.43. The molecule has 1 atom stereocenters. The number of halogens is 2. The van der Waals surface area contributed by atoms with Gasteiger partial charge in [-0.05, 0) is 80.3 Å². The van der Waals surface area contributed by atoms with Crippen LogP contribution in [0.2, 0.25) is 5.02 Å². The Labute approximate surface area is 223 Å². The van der Waals surface area contributed by atoms with Crippen LogP contribution in [0.5, 0.6) is 0 Å². The van der Waals surface area contributed by atoms with E-state index in [1.54, 1.807) is 18.2 Å². The molecule has 9 nitrogen and oxygen atoms in total. The molecule has 0 bridgehead atoms. The van der Waals surface area contributed by atoms with Gasteiger partial charge < -0.3 is 10.2 Å². The van der Waals surface area contributed by atoms with Gasteiger partial charge in [0.15, 0.2) is 5.82 Å². The number of carbonyl (C=O) groups is 2. The standard InChI is InChI=1S/C27H27ClFN7O2/c28-20-14-19(10-11-21(20)29)23-26(38)36(27(31-23)12-2-1-3-13-27)24(16-4-5-16)17-6-8-18(9-7-17)25(37)30-15-22-32-34-35-33-22/h6-11,14,16,24H,1-5,12-13,15H2,(H,30,37)(H,32,33,34,35). The summed E-state index contributed by atoms with van der Waals surface area (Å²) in [7, 11) is 0. The van der Waals surface area contributed by atoms with Gasteiger partial charge in [0.05, 0.1) is 17.6 Å². The van der Waals surface area contributed by atoms with Gasteiger partial charge in [-0.3, -0.25) is 14.6 Å². The lowest BCUT2D eigenvalue weighted by atomic mass is 9.86. The maximum Gasteiger partial charge on any atom is 0.275 e. The fourth-order valence-corrected chi connectivity index (χ4v) is 5.88. The van der Waals surface area contributed by atoms with Crippen molar-refractivity contribution in [2.24, 2.45) is 10.9 Å². The maximum absolute atomic E-state index is 14.1. The van der Waals surface area contributed by atoms with Gasteiger partial charge in [-0.25, -0.2) is 4.39 Å². The molecule has 3 aliphatic rings. The number of nitrogens with one attached hydrogen (secondary N) is 2. The number of benzene rings is 2. The maximum atomic E-state index is 14.1. The number of aromatic nitrogens is 4. The molecule has 2 amide bonds. The van der Waals surface area contributed by atoms with Crippen LogP contribution < -0.4 is 5.32 Å². The molecule has 2 aromatic carbocycles. The Morgan fingerprint density at radius 1 is 1.16 bits per heavy atom. The largest absolute Gasteiger partial charge is 0.345 e. The number of amides is 2. The minimum absolute atomic E-state index is 0.0268. The van der Waals surface area contributed by atoms with Gasteiger partial charge in [0.2, 0.25) is 0 Å². The minimum Gasteiger partial charge on any atom is -0.345 e. The Hall–Kier alpha value is -3.66. The molecule has 196 valence electrons. The highest BCUT2D eigenvalue weighted by molar-refractivity contribution is 6.47. The predicted molar refractivity (Wildman–Crippen MR) is 138 cm³/mol. The Bertz CT molecular complexity index is 1380. The molecule has 1 aliphatic heterocycles. The normalized spacial score (nSPS) is 19.5. The summed E-state index contributed by atoms with van der Waals surface area (Å²) in [5, 5.41) is 16.3. The second-order valence-corrected chi connectivity index (χ2v) is 10.6. The number of rotatable bonds is 7. The lowest BCUT2D eigenvalue weighted by Gasteiger charge is -2.44. The molecule has 1 unspecified atom stereocenters. The van der Waals surface area contributed by atoms with E-state index in [4.69, 9.17) is 16.6 Å². The van der Waals surface area contributed by atoms with E-state index in [1.807, 2.05) is 17.0 Å². The van der Waals surface area contributed by atoms with Crippen molar-refractivity contribution < 1.29 is 14.0 Å². The van der Waals surface area contributed by atoms with Gasteiger partial charge in [0.25, 0.3) is 11.8 Å². The van der Waals surface area contributed by atoms with Gasteiger partial charge in [-0.1, -0.05) is 35.4 Å². The molecule has 0 radical (unpaired) electrons. The van der Waals surface area contributed by atoms with E-state index in [-0.39, 0.29) is 29.4 Å². The van der Waals surface area contributed by atoms with E-state index in [0.29, 0.717) is 28.6 Å². The van der Waals surface area contributed by atoms with Crippen molar-refractivity contribution in [3.8, 4) is 0 Å². The molecule has 2 aliphatic carbocycles. The third-order valence-electron chi connectivity index (χ3n) is 7.69. The molecule has 3 aromatic rings. The zero-order valence-corrected chi connectivity index (χ0v) is 21.4. The van der Waals surface area contributed by atoms with Crippen LogP contribution in [0, 0.1) is 11.7 Å².